The van der Waals surface area contributed by atoms with Crippen molar-refractivity contribution < 1.29 is 14.6 Å². The largest absolute Gasteiger partial charge is 0.469 e. The molecule has 2 rings (SSSR count). The highest BCUT2D eigenvalue weighted by Crippen LogP contribution is 2.41. The Balaban J connectivity index is 2.42. The molecule has 3 heteroatoms. The third kappa shape index (κ3) is 1.95. The maximum atomic E-state index is 11.6. The number of esters is 1. The SMILES string of the molecule is COC(=O)C(C)C1(O)CCCc2ccccc21. The molecule has 1 aromatic carbocycles. The van der Waals surface area contributed by atoms with Crippen molar-refractivity contribution in [2.75, 3.05) is 7.11 Å². The minimum Gasteiger partial charge on any atom is -0.469 e. The normalized spacial score (nSPS) is 24.9. The van der Waals surface area contributed by atoms with E-state index in [9.17, 15) is 9.90 Å². The number of rotatable bonds is 2. The molecule has 1 aliphatic carbocycles. The predicted octanol–water partition coefficient (Wildman–Crippen LogP) is 2.02. The Morgan fingerprint density at radius 1 is 1.47 bits per heavy atom. The van der Waals surface area contributed by atoms with Crippen LogP contribution in [0.5, 0.6) is 0 Å². The number of aryl methyl sites for hydroxylation is 1. The van der Waals surface area contributed by atoms with Crippen molar-refractivity contribution in [3.8, 4) is 0 Å². The van der Waals surface area contributed by atoms with Crippen LogP contribution in [0.2, 0.25) is 0 Å². The minimum atomic E-state index is -1.08. The molecule has 0 saturated carbocycles. The zero-order chi connectivity index (χ0) is 12.5. The first-order chi connectivity index (χ1) is 8.09. The second kappa shape index (κ2) is 4.49. The summed E-state index contributed by atoms with van der Waals surface area (Å²) >= 11 is 0. The van der Waals surface area contributed by atoms with Crippen LogP contribution in [0.25, 0.3) is 0 Å². The molecule has 0 spiro atoms. The number of carbonyl (C=O) groups excluding carboxylic acids is 1. The first kappa shape index (κ1) is 12.1. The maximum absolute atomic E-state index is 11.6. The molecule has 0 aliphatic heterocycles. The molecular formula is C14H18O3. The summed E-state index contributed by atoms with van der Waals surface area (Å²) in [5, 5.41) is 10.8. The number of benzene rings is 1. The van der Waals surface area contributed by atoms with E-state index in [0.29, 0.717) is 6.42 Å². The zero-order valence-electron chi connectivity index (χ0n) is 10.3. The smallest absolute Gasteiger partial charge is 0.311 e. The van der Waals surface area contributed by atoms with Gasteiger partial charge < -0.3 is 9.84 Å². The van der Waals surface area contributed by atoms with Crippen molar-refractivity contribution >= 4 is 5.97 Å². The van der Waals surface area contributed by atoms with Crippen LogP contribution in [-0.2, 0) is 21.6 Å². The summed E-state index contributed by atoms with van der Waals surface area (Å²) in [7, 11) is 1.36. The molecule has 2 atom stereocenters. The fourth-order valence-electron chi connectivity index (χ4n) is 2.67. The summed E-state index contributed by atoms with van der Waals surface area (Å²) < 4.78 is 4.75. The highest BCUT2D eigenvalue weighted by molar-refractivity contribution is 5.74. The molecule has 0 radical (unpaired) electrons. The Bertz CT molecular complexity index is 427. The monoisotopic (exact) mass is 234 g/mol. The molecule has 92 valence electrons. The summed E-state index contributed by atoms with van der Waals surface area (Å²) in [4.78, 5) is 11.6. The lowest BCUT2D eigenvalue weighted by Gasteiger charge is -2.37. The van der Waals surface area contributed by atoms with E-state index in [1.807, 2.05) is 24.3 Å². The number of ether oxygens (including phenoxy) is 1. The van der Waals surface area contributed by atoms with Crippen LogP contribution in [0.1, 0.15) is 30.9 Å². The topological polar surface area (TPSA) is 46.5 Å². The average Bonchev–Trinajstić information content (AvgIpc) is 2.37. The first-order valence-corrected chi connectivity index (χ1v) is 5.98. The van der Waals surface area contributed by atoms with Gasteiger partial charge in [0.1, 0.15) is 5.60 Å². The Hall–Kier alpha value is -1.35. The molecule has 0 aromatic heterocycles. The van der Waals surface area contributed by atoms with Gasteiger partial charge in [-0.2, -0.15) is 0 Å². The number of carbonyl (C=O) groups is 1. The Labute approximate surface area is 101 Å². The molecule has 1 N–H and O–H groups in total. The van der Waals surface area contributed by atoms with E-state index in [0.717, 1.165) is 24.0 Å². The van der Waals surface area contributed by atoms with Crippen LogP contribution in [0.4, 0.5) is 0 Å². The van der Waals surface area contributed by atoms with Crippen molar-refractivity contribution in [3.05, 3.63) is 35.4 Å². The summed E-state index contributed by atoms with van der Waals surface area (Å²) in [5.74, 6) is -0.891. The number of hydrogen-bond acceptors (Lipinski definition) is 3. The van der Waals surface area contributed by atoms with Crippen LogP contribution in [0.15, 0.2) is 24.3 Å². The van der Waals surface area contributed by atoms with Gasteiger partial charge in [-0.15, -0.1) is 0 Å². The molecular weight excluding hydrogens is 216 g/mol. The van der Waals surface area contributed by atoms with Crippen molar-refractivity contribution in [2.24, 2.45) is 5.92 Å². The summed E-state index contributed by atoms with van der Waals surface area (Å²) in [6, 6.07) is 7.80. The van der Waals surface area contributed by atoms with E-state index in [-0.39, 0.29) is 5.97 Å². The summed E-state index contributed by atoms with van der Waals surface area (Å²) in [5.41, 5.74) is 0.934. The fourth-order valence-corrected chi connectivity index (χ4v) is 2.67. The minimum absolute atomic E-state index is 0.357. The first-order valence-electron chi connectivity index (χ1n) is 5.98. The highest BCUT2D eigenvalue weighted by atomic mass is 16.5. The third-order valence-corrected chi connectivity index (χ3v) is 3.76. The van der Waals surface area contributed by atoms with Gasteiger partial charge in [0.2, 0.25) is 0 Å². The number of aliphatic hydroxyl groups is 1. The van der Waals surface area contributed by atoms with Gasteiger partial charge in [0.25, 0.3) is 0 Å². The standard InChI is InChI=1S/C14H18O3/c1-10(13(15)17-2)14(16)9-5-7-11-6-3-4-8-12(11)14/h3-4,6,8,10,16H,5,7,9H2,1-2H3. The average molecular weight is 234 g/mol. The Morgan fingerprint density at radius 2 is 2.18 bits per heavy atom. The van der Waals surface area contributed by atoms with E-state index < -0.39 is 11.5 Å². The molecule has 17 heavy (non-hydrogen) atoms. The molecule has 0 heterocycles. The Morgan fingerprint density at radius 3 is 2.88 bits per heavy atom. The van der Waals surface area contributed by atoms with Gasteiger partial charge in [-0.1, -0.05) is 24.3 Å². The third-order valence-electron chi connectivity index (χ3n) is 3.76. The lowest BCUT2D eigenvalue weighted by molar-refractivity contribution is -0.156. The van der Waals surface area contributed by atoms with Gasteiger partial charge in [0.05, 0.1) is 13.0 Å². The summed E-state index contributed by atoms with van der Waals surface area (Å²) in [6.45, 7) is 1.73. The van der Waals surface area contributed by atoms with Crippen molar-refractivity contribution in [1.82, 2.24) is 0 Å². The van der Waals surface area contributed by atoms with Crippen LogP contribution in [0, 0.1) is 5.92 Å². The van der Waals surface area contributed by atoms with E-state index in [1.165, 1.54) is 7.11 Å². The van der Waals surface area contributed by atoms with Crippen molar-refractivity contribution in [2.45, 2.75) is 31.8 Å². The second-order valence-corrected chi connectivity index (χ2v) is 4.68. The molecule has 3 nitrogen and oxygen atoms in total. The van der Waals surface area contributed by atoms with Crippen LogP contribution in [-0.4, -0.2) is 18.2 Å². The van der Waals surface area contributed by atoms with Gasteiger partial charge >= 0.3 is 5.97 Å². The maximum Gasteiger partial charge on any atom is 0.311 e. The molecule has 0 fully saturated rings. The molecule has 1 aromatic rings. The van der Waals surface area contributed by atoms with Crippen molar-refractivity contribution in [1.29, 1.82) is 0 Å². The summed E-state index contributed by atoms with van der Waals surface area (Å²) in [6.07, 6.45) is 2.47. The van der Waals surface area contributed by atoms with E-state index in [1.54, 1.807) is 6.92 Å². The van der Waals surface area contributed by atoms with Gasteiger partial charge in [-0.3, -0.25) is 4.79 Å². The molecule has 0 amide bonds. The van der Waals surface area contributed by atoms with Crippen molar-refractivity contribution in [3.63, 3.8) is 0 Å². The number of methoxy groups -OCH3 is 1. The molecule has 1 aliphatic rings. The lowest BCUT2D eigenvalue weighted by atomic mass is 9.72. The van der Waals surface area contributed by atoms with Crippen LogP contribution >= 0.6 is 0 Å². The van der Waals surface area contributed by atoms with Gasteiger partial charge in [-0.05, 0) is 37.3 Å². The second-order valence-electron chi connectivity index (χ2n) is 4.68. The van der Waals surface area contributed by atoms with E-state index in [4.69, 9.17) is 4.74 Å². The van der Waals surface area contributed by atoms with Crippen LogP contribution < -0.4 is 0 Å². The lowest BCUT2D eigenvalue weighted by Crippen LogP contribution is -2.41. The Kier molecular flexibility index (Phi) is 3.20. The van der Waals surface area contributed by atoms with Gasteiger partial charge in [0.15, 0.2) is 0 Å². The van der Waals surface area contributed by atoms with E-state index >= 15 is 0 Å². The van der Waals surface area contributed by atoms with Crippen LogP contribution in [0.3, 0.4) is 0 Å². The van der Waals surface area contributed by atoms with E-state index in [2.05, 4.69) is 0 Å². The fraction of sp³-hybridized carbons (Fsp3) is 0.500. The number of fused-ring (bicyclic) bond motifs is 1. The zero-order valence-corrected chi connectivity index (χ0v) is 10.3. The highest BCUT2D eigenvalue weighted by Gasteiger charge is 2.43. The van der Waals surface area contributed by atoms with Gasteiger partial charge in [-0.25, -0.2) is 0 Å². The molecule has 0 saturated heterocycles. The quantitative estimate of drug-likeness (QED) is 0.796. The molecule has 0 bridgehead atoms. The number of hydrogen-bond donors (Lipinski definition) is 1. The predicted molar refractivity (Wildman–Crippen MR) is 64.5 cm³/mol. The van der Waals surface area contributed by atoms with Gasteiger partial charge in [0, 0.05) is 0 Å². The molecule has 2 unspecified atom stereocenters.